The largest absolute Gasteiger partial charge is 0.492 e. The molecule has 2 aromatic rings. The highest BCUT2D eigenvalue weighted by atomic mass is 19.1. The quantitative estimate of drug-likeness (QED) is 0.208. The topological polar surface area (TPSA) is 59.3 Å². The molecule has 1 aliphatic rings. The van der Waals surface area contributed by atoms with Crippen LogP contribution in [-0.4, -0.2) is 24.9 Å². The van der Waals surface area contributed by atoms with Gasteiger partial charge >= 0.3 is 5.97 Å². The zero-order valence-electron chi connectivity index (χ0n) is 21.8. The first kappa shape index (κ1) is 27.7. The molecule has 0 spiro atoms. The van der Waals surface area contributed by atoms with Gasteiger partial charge in [-0.3, -0.25) is 0 Å². The van der Waals surface area contributed by atoms with Gasteiger partial charge in [-0.05, 0) is 73.3 Å². The molecule has 1 saturated carbocycles. The van der Waals surface area contributed by atoms with E-state index in [1.165, 1.54) is 18.4 Å². The summed E-state index contributed by atoms with van der Waals surface area (Å²) in [5.74, 6) is 0.366. The molecule has 0 amide bonds. The molecule has 194 valence electrons. The molecule has 0 unspecified atom stereocenters. The van der Waals surface area contributed by atoms with E-state index in [0.717, 1.165) is 56.1 Å². The van der Waals surface area contributed by atoms with E-state index in [2.05, 4.69) is 37.3 Å². The number of rotatable bonds is 13. The van der Waals surface area contributed by atoms with Crippen molar-refractivity contribution < 1.29 is 18.7 Å². The van der Waals surface area contributed by atoms with Gasteiger partial charge in [-0.25, -0.2) is 9.18 Å². The lowest BCUT2D eigenvalue weighted by Crippen LogP contribution is -2.28. The molecule has 0 aromatic heterocycles. The number of carbonyl (C=O) groups is 1. The van der Waals surface area contributed by atoms with Crippen LogP contribution in [0.3, 0.4) is 0 Å². The Kier molecular flexibility index (Phi) is 11.3. The minimum absolute atomic E-state index is 0.176. The van der Waals surface area contributed by atoms with Gasteiger partial charge in [-0.15, -0.1) is 0 Å². The van der Waals surface area contributed by atoms with E-state index in [1.807, 2.05) is 25.1 Å². The van der Waals surface area contributed by atoms with Crippen molar-refractivity contribution in [3.05, 3.63) is 53.6 Å². The van der Waals surface area contributed by atoms with Gasteiger partial charge in [0.25, 0.3) is 0 Å². The third-order valence-corrected chi connectivity index (χ3v) is 7.09. The highest BCUT2D eigenvalue weighted by molar-refractivity contribution is 5.74. The Morgan fingerprint density at radius 1 is 0.972 bits per heavy atom. The first-order valence-corrected chi connectivity index (χ1v) is 13.7. The van der Waals surface area contributed by atoms with Gasteiger partial charge in [0.15, 0.2) is 6.17 Å². The summed E-state index contributed by atoms with van der Waals surface area (Å²) in [6.45, 7) is 4.80. The second kappa shape index (κ2) is 14.6. The van der Waals surface area contributed by atoms with E-state index < -0.39 is 12.1 Å². The molecule has 0 radical (unpaired) electrons. The van der Waals surface area contributed by atoms with Gasteiger partial charge in [0.05, 0.1) is 12.2 Å². The number of benzene rings is 2. The standard InChI is InChI=1S/C31H40FNO3/c1-3-5-7-8-20-35-30-19-16-26(21-27(30)22-33)25-12-10-23(11-13-25)24-14-17-28(18-15-24)36-31(34)29(32)9-6-4-2/h10-13,16,19,21,24,28-29H,3-9,14-15,17-18,20H2,1-2H3/t24-,28-,29-/m0/s1. The number of hydrogen-bond acceptors (Lipinski definition) is 4. The predicted octanol–water partition coefficient (Wildman–Crippen LogP) is 8.28. The molecule has 3 rings (SSSR count). The molecule has 0 saturated heterocycles. The Morgan fingerprint density at radius 3 is 2.33 bits per heavy atom. The minimum atomic E-state index is -1.50. The molecular formula is C31H40FNO3. The van der Waals surface area contributed by atoms with Crippen molar-refractivity contribution in [2.45, 2.75) is 103 Å². The van der Waals surface area contributed by atoms with Crippen LogP contribution in [0.4, 0.5) is 4.39 Å². The number of halogens is 1. The van der Waals surface area contributed by atoms with Crippen molar-refractivity contribution in [2.24, 2.45) is 0 Å². The van der Waals surface area contributed by atoms with E-state index in [9.17, 15) is 14.4 Å². The molecule has 1 fully saturated rings. The number of esters is 1. The van der Waals surface area contributed by atoms with Crippen molar-refractivity contribution in [1.29, 1.82) is 5.26 Å². The Hall–Kier alpha value is -2.87. The molecule has 4 nitrogen and oxygen atoms in total. The summed E-state index contributed by atoms with van der Waals surface area (Å²) in [5, 5.41) is 9.61. The molecule has 1 aliphatic carbocycles. The predicted molar refractivity (Wildman–Crippen MR) is 142 cm³/mol. The second-order valence-corrected chi connectivity index (χ2v) is 9.87. The Morgan fingerprint density at radius 2 is 1.67 bits per heavy atom. The first-order chi connectivity index (χ1) is 17.5. The van der Waals surface area contributed by atoms with Crippen molar-refractivity contribution in [3.63, 3.8) is 0 Å². The van der Waals surface area contributed by atoms with Gasteiger partial charge in [-0.1, -0.05) is 76.3 Å². The molecule has 0 heterocycles. The summed E-state index contributed by atoms with van der Waals surface area (Å²) in [5.41, 5.74) is 3.89. The molecular weight excluding hydrogens is 453 g/mol. The molecule has 5 heteroatoms. The molecule has 36 heavy (non-hydrogen) atoms. The van der Waals surface area contributed by atoms with Crippen LogP contribution in [0.5, 0.6) is 5.75 Å². The molecule has 2 aromatic carbocycles. The van der Waals surface area contributed by atoms with Crippen LogP contribution in [0.15, 0.2) is 42.5 Å². The Bertz CT molecular complexity index is 990. The molecule has 1 atom stereocenters. The number of ether oxygens (including phenoxy) is 2. The van der Waals surface area contributed by atoms with Gasteiger partial charge in [0.1, 0.15) is 17.9 Å². The third-order valence-electron chi connectivity index (χ3n) is 7.09. The van der Waals surface area contributed by atoms with E-state index in [4.69, 9.17) is 9.47 Å². The maximum atomic E-state index is 13.9. The van der Waals surface area contributed by atoms with Crippen molar-refractivity contribution in [3.8, 4) is 22.9 Å². The van der Waals surface area contributed by atoms with Crippen LogP contribution in [0.1, 0.15) is 102 Å². The van der Waals surface area contributed by atoms with E-state index in [1.54, 1.807) is 0 Å². The van der Waals surface area contributed by atoms with Crippen molar-refractivity contribution in [1.82, 2.24) is 0 Å². The van der Waals surface area contributed by atoms with Crippen LogP contribution >= 0.6 is 0 Å². The summed E-state index contributed by atoms with van der Waals surface area (Å²) in [4.78, 5) is 12.0. The average Bonchev–Trinajstić information content (AvgIpc) is 2.92. The van der Waals surface area contributed by atoms with Crippen LogP contribution in [-0.2, 0) is 9.53 Å². The number of unbranched alkanes of at least 4 members (excludes halogenated alkanes) is 4. The molecule has 0 aliphatic heterocycles. The fourth-order valence-corrected chi connectivity index (χ4v) is 4.83. The third kappa shape index (κ3) is 8.08. The first-order valence-electron chi connectivity index (χ1n) is 13.7. The number of carbonyl (C=O) groups excluding carboxylic acids is 1. The van der Waals surface area contributed by atoms with Crippen LogP contribution < -0.4 is 4.74 Å². The van der Waals surface area contributed by atoms with Crippen molar-refractivity contribution >= 4 is 5.97 Å². The Balaban J connectivity index is 1.52. The SMILES string of the molecule is CCCCCCOc1ccc(-c2ccc([C@H]3CC[C@H](OC(=O)[C@@H](F)CCCC)CC3)cc2)cc1C#N. The lowest BCUT2D eigenvalue weighted by atomic mass is 9.82. The summed E-state index contributed by atoms with van der Waals surface area (Å²) in [6, 6.07) is 16.6. The van der Waals surface area contributed by atoms with Crippen molar-refractivity contribution in [2.75, 3.05) is 6.61 Å². The maximum absolute atomic E-state index is 13.9. The smallest absolute Gasteiger partial charge is 0.340 e. The monoisotopic (exact) mass is 493 g/mol. The lowest BCUT2D eigenvalue weighted by Gasteiger charge is -2.29. The fourth-order valence-electron chi connectivity index (χ4n) is 4.83. The van der Waals surface area contributed by atoms with E-state index in [-0.39, 0.29) is 12.5 Å². The zero-order valence-corrected chi connectivity index (χ0v) is 21.8. The summed E-state index contributed by atoms with van der Waals surface area (Å²) in [6.07, 6.45) is 8.07. The maximum Gasteiger partial charge on any atom is 0.340 e. The number of hydrogen-bond donors (Lipinski definition) is 0. The summed E-state index contributed by atoms with van der Waals surface area (Å²) < 4.78 is 25.2. The second-order valence-electron chi connectivity index (χ2n) is 9.87. The molecule has 0 bridgehead atoms. The minimum Gasteiger partial charge on any atom is -0.492 e. The number of alkyl halides is 1. The van der Waals surface area contributed by atoms with Gasteiger partial charge in [0, 0.05) is 0 Å². The van der Waals surface area contributed by atoms with E-state index >= 15 is 0 Å². The average molecular weight is 494 g/mol. The van der Waals surface area contributed by atoms with Gasteiger partial charge < -0.3 is 9.47 Å². The highest BCUT2D eigenvalue weighted by Gasteiger charge is 2.27. The van der Waals surface area contributed by atoms with Crippen LogP contribution in [0.2, 0.25) is 0 Å². The summed E-state index contributed by atoms with van der Waals surface area (Å²) >= 11 is 0. The van der Waals surface area contributed by atoms with Gasteiger partial charge in [0.2, 0.25) is 0 Å². The highest BCUT2D eigenvalue weighted by Crippen LogP contribution is 2.35. The van der Waals surface area contributed by atoms with Crippen LogP contribution in [0.25, 0.3) is 11.1 Å². The molecule has 0 N–H and O–H groups in total. The van der Waals surface area contributed by atoms with E-state index in [0.29, 0.717) is 30.3 Å². The Labute approximate surface area is 215 Å². The lowest BCUT2D eigenvalue weighted by molar-refractivity contribution is -0.157. The fraction of sp³-hybridized carbons (Fsp3) is 0.548. The summed E-state index contributed by atoms with van der Waals surface area (Å²) in [7, 11) is 0. The number of nitriles is 1. The van der Waals surface area contributed by atoms with Gasteiger partial charge in [-0.2, -0.15) is 5.26 Å². The zero-order chi connectivity index (χ0) is 25.8. The number of nitrogens with zero attached hydrogens (tertiary/aromatic N) is 1. The normalized spacial score (nSPS) is 18.3. The van der Waals surface area contributed by atoms with Crippen LogP contribution in [0, 0.1) is 11.3 Å².